The van der Waals surface area contributed by atoms with Crippen molar-refractivity contribution in [2.75, 3.05) is 0 Å². The van der Waals surface area contributed by atoms with Crippen molar-refractivity contribution < 1.29 is 9.53 Å². The molecule has 0 radical (unpaired) electrons. The molecule has 0 spiro atoms. The van der Waals surface area contributed by atoms with E-state index in [4.69, 9.17) is 4.74 Å². The topological polar surface area (TPSA) is 38.3 Å². The molecule has 3 nitrogen and oxygen atoms in total. The fraction of sp³-hybridized carbons (Fsp3) is 0.0625. The van der Waals surface area contributed by atoms with Crippen LogP contribution in [0.5, 0.6) is 0 Å². The molecule has 1 unspecified atom stereocenters. The summed E-state index contributed by atoms with van der Waals surface area (Å²) in [5.74, 6) is 0.503. The molecule has 1 atom stereocenters. The number of ether oxygens (including phenoxy) is 1. The van der Waals surface area contributed by atoms with Crippen LogP contribution in [0, 0.1) is 0 Å². The predicted octanol–water partition coefficient (Wildman–Crippen LogP) is 3.64. The first-order valence-electron chi connectivity index (χ1n) is 6.22. The molecule has 3 rings (SSSR count). The third kappa shape index (κ3) is 2.60. The van der Waals surface area contributed by atoms with Crippen molar-refractivity contribution in [2.45, 2.75) is 6.10 Å². The molecule has 0 aromatic heterocycles. The van der Waals surface area contributed by atoms with Crippen molar-refractivity contribution >= 4 is 27.6 Å². The zero-order chi connectivity index (χ0) is 13.9. The van der Waals surface area contributed by atoms with Crippen LogP contribution >= 0.6 is 15.9 Å². The molecule has 0 saturated heterocycles. The van der Waals surface area contributed by atoms with Crippen molar-refractivity contribution in [2.24, 2.45) is 0 Å². The highest BCUT2D eigenvalue weighted by Crippen LogP contribution is 2.29. The molecular formula is C16H12BrNO2. The van der Waals surface area contributed by atoms with Crippen LogP contribution in [0.15, 0.2) is 65.3 Å². The summed E-state index contributed by atoms with van der Waals surface area (Å²) in [6.45, 7) is 0. The maximum absolute atomic E-state index is 11.9. The third-order valence-corrected chi connectivity index (χ3v) is 3.59. The minimum atomic E-state index is -0.611. The lowest BCUT2D eigenvalue weighted by molar-refractivity contribution is -0.129. The number of halogens is 1. The van der Waals surface area contributed by atoms with Gasteiger partial charge in [0.15, 0.2) is 0 Å². The van der Waals surface area contributed by atoms with Crippen LogP contribution in [0.25, 0.3) is 5.76 Å². The van der Waals surface area contributed by atoms with Gasteiger partial charge in [0.2, 0.25) is 6.10 Å². The molecule has 2 aromatic rings. The maximum atomic E-state index is 11.9. The Hall–Kier alpha value is -2.07. The Labute approximate surface area is 125 Å². The second kappa shape index (κ2) is 5.51. The number of hydrogen-bond acceptors (Lipinski definition) is 2. The van der Waals surface area contributed by atoms with Gasteiger partial charge in [-0.3, -0.25) is 4.79 Å². The van der Waals surface area contributed by atoms with Crippen molar-refractivity contribution in [3.63, 3.8) is 0 Å². The van der Waals surface area contributed by atoms with Gasteiger partial charge in [-0.05, 0) is 12.1 Å². The number of hydrogen-bond donors (Lipinski definition) is 1. The van der Waals surface area contributed by atoms with Crippen LogP contribution in [-0.4, -0.2) is 5.91 Å². The summed E-state index contributed by atoms with van der Waals surface area (Å²) in [5, 5.41) is 2.76. The van der Waals surface area contributed by atoms with E-state index in [9.17, 15) is 4.79 Å². The van der Waals surface area contributed by atoms with Gasteiger partial charge in [0.25, 0.3) is 5.91 Å². The molecule has 4 heteroatoms. The summed E-state index contributed by atoms with van der Waals surface area (Å²) in [6.07, 6.45) is 0.991. The number of benzene rings is 2. The van der Waals surface area contributed by atoms with E-state index >= 15 is 0 Å². The van der Waals surface area contributed by atoms with E-state index in [1.165, 1.54) is 0 Å². The normalized spacial score (nSPS) is 17.9. The molecule has 100 valence electrons. The highest BCUT2D eigenvalue weighted by Gasteiger charge is 2.26. The zero-order valence-electron chi connectivity index (χ0n) is 10.5. The molecule has 0 fully saturated rings. The fourth-order valence-corrected chi connectivity index (χ4v) is 2.30. The summed E-state index contributed by atoms with van der Waals surface area (Å²) in [7, 11) is 0. The Balaban J connectivity index is 1.89. The first kappa shape index (κ1) is 12.9. The second-order valence-corrected chi connectivity index (χ2v) is 5.35. The molecule has 1 aliphatic heterocycles. The summed E-state index contributed by atoms with van der Waals surface area (Å²) in [4.78, 5) is 11.9. The van der Waals surface area contributed by atoms with Crippen LogP contribution in [0.3, 0.4) is 0 Å². The molecule has 1 heterocycles. The highest BCUT2D eigenvalue weighted by atomic mass is 79.9. The monoisotopic (exact) mass is 329 g/mol. The Kier molecular flexibility index (Phi) is 3.56. The minimum absolute atomic E-state index is 0.155. The Morgan fingerprint density at radius 2 is 1.70 bits per heavy atom. The first-order chi connectivity index (χ1) is 9.74. The second-order valence-electron chi connectivity index (χ2n) is 4.43. The number of nitrogens with one attached hydrogen (secondary N) is 1. The van der Waals surface area contributed by atoms with E-state index in [1.54, 1.807) is 6.20 Å². The van der Waals surface area contributed by atoms with E-state index in [0.717, 1.165) is 15.6 Å². The van der Waals surface area contributed by atoms with Crippen LogP contribution in [0.1, 0.15) is 17.2 Å². The van der Waals surface area contributed by atoms with E-state index in [-0.39, 0.29) is 5.91 Å². The van der Waals surface area contributed by atoms with Crippen molar-refractivity contribution in [1.29, 1.82) is 0 Å². The van der Waals surface area contributed by atoms with Crippen molar-refractivity contribution in [3.8, 4) is 0 Å². The van der Waals surface area contributed by atoms with Gasteiger partial charge >= 0.3 is 0 Å². The van der Waals surface area contributed by atoms with Gasteiger partial charge in [-0.2, -0.15) is 0 Å². The smallest absolute Gasteiger partial charge is 0.269 e. The average Bonchev–Trinajstić information content (AvgIpc) is 2.50. The summed E-state index contributed by atoms with van der Waals surface area (Å²) in [5.41, 5.74) is 1.77. The number of rotatable bonds is 2. The average molecular weight is 330 g/mol. The molecule has 0 bridgehead atoms. The number of amides is 1. The molecular weight excluding hydrogens is 318 g/mol. The molecule has 1 amide bonds. The van der Waals surface area contributed by atoms with Gasteiger partial charge in [-0.1, -0.05) is 58.4 Å². The van der Waals surface area contributed by atoms with Gasteiger partial charge in [-0.15, -0.1) is 0 Å². The quantitative estimate of drug-likeness (QED) is 0.913. The number of carbonyl (C=O) groups excluding carboxylic acids is 1. The SMILES string of the molecule is O=C1NC=C(c2ccc(Br)cc2)OC1c1ccccc1. The van der Waals surface area contributed by atoms with Gasteiger partial charge in [0.05, 0.1) is 0 Å². The molecule has 1 N–H and O–H groups in total. The summed E-state index contributed by atoms with van der Waals surface area (Å²) >= 11 is 3.40. The van der Waals surface area contributed by atoms with E-state index in [2.05, 4.69) is 21.2 Å². The molecule has 0 saturated carbocycles. The van der Waals surface area contributed by atoms with Crippen molar-refractivity contribution in [1.82, 2.24) is 5.32 Å². The van der Waals surface area contributed by atoms with Crippen LogP contribution in [0.4, 0.5) is 0 Å². The van der Waals surface area contributed by atoms with Gasteiger partial charge in [0.1, 0.15) is 5.76 Å². The maximum Gasteiger partial charge on any atom is 0.269 e. The summed E-state index contributed by atoms with van der Waals surface area (Å²) in [6, 6.07) is 17.2. The Morgan fingerprint density at radius 1 is 1.00 bits per heavy atom. The molecule has 20 heavy (non-hydrogen) atoms. The highest BCUT2D eigenvalue weighted by molar-refractivity contribution is 9.10. The standard InChI is InChI=1S/C16H12BrNO2/c17-13-8-6-11(7-9-13)14-10-18-16(19)15(20-14)12-4-2-1-3-5-12/h1-10,15H,(H,18,19). The Bertz CT molecular complexity index is 650. The third-order valence-electron chi connectivity index (χ3n) is 3.06. The number of carbonyl (C=O) groups is 1. The van der Waals surface area contributed by atoms with E-state index < -0.39 is 6.10 Å². The van der Waals surface area contributed by atoms with Gasteiger partial charge in [-0.25, -0.2) is 0 Å². The molecule has 0 aliphatic carbocycles. The van der Waals surface area contributed by atoms with Gasteiger partial charge < -0.3 is 10.1 Å². The summed E-state index contributed by atoms with van der Waals surface area (Å²) < 4.78 is 6.85. The first-order valence-corrected chi connectivity index (χ1v) is 7.01. The lowest BCUT2D eigenvalue weighted by Gasteiger charge is -2.24. The molecule has 1 aliphatic rings. The zero-order valence-corrected chi connectivity index (χ0v) is 12.1. The van der Waals surface area contributed by atoms with E-state index in [0.29, 0.717) is 5.76 Å². The lowest BCUT2D eigenvalue weighted by atomic mass is 10.1. The largest absolute Gasteiger partial charge is 0.474 e. The fourth-order valence-electron chi connectivity index (χ4n) is 2.04. The van der Waals surface area contributed by atoms with Crippen LogP contribution in [-0.2, 0) is 9.53 Å². The van der Waals surface area contributed by atoms with Crippen LogP contribution in [0.2, 0.25) is 0 Å². The molecule has 2 aromatic carbocycles. The predicted molar refractivity (Wildman–Crippen MR) is 80.5 cm³/mol. The minimum Gasteiger partial charge on any atom is -0.474 e. The van der Waals surface area contributed by atoms with Crippen LogP contribution < -0.4 is 5.32 Å². The van der Waals surface area contributed by atoms with Crippen molar-refractivity contribution in [3.05, 3.63) is 76.4 Å². The van der Waals surface area contributed by atoms with Gasteiger partial charge in [0, 0.05) is 21.8 Å². The lowest BCUT2D eigenvalue weighted by Crippen LogP contribution is -2.31. The van der Waals surface area contributed by atoms with E-state index in [1.807, 2.05) is 54.6 Å². The Morgan fingerprint density at radius 3 is 2.40 bits per heavy atom.